The van der Waals surface area contributed by atoms with E-state index in [-0.39, 0.29) is 6.54 Å². The molecule has 1 unspecified atom stereocenters. The van der Waals surface area contributed by atoms with E-state index in [1.54, 1.807) is 0 Å². The van der Waals surface area contributed by atoms with Gasteiger partial charge in [0.1, 0.15) is 0 Å². The van der Waals surface area contributed by atoms with E-state index < -0.39 is 18.1 Å². The Kier molecular flexibility index (Phi) is 5.76. The third kappa shape index (κ3) is 5.53. The summed E-state index contributed by atoms with van der Waals surface area (Å²) in [5, 5.41) is 22.3. The van der Waals surface area contributed by atoms with Gasteiger partial charge in [-0.2, -0.15) is 0 Å². The van der Waals surface area contributed by atoms with Crippen molar-refractivity contribution in [1.29, 1.82) is 0 Å². The molecule has 6 nitrogen and oxygen atoms in total. The molecule has 1 saturated carbocycles. The molecule has 0 bridgehead atoms. The summed E-state index contributed by atoms with van der Waals surface area (Å²) < 4.78 is 0. The largest absolute Gasteiger partial charge is 0.479 e. The van der Waals surface area contributed by atoms with E-state index in [1.165, 1.54) is 25.7 Å². The molecule has 0 aromatic heterocycles. The lowest BCUT2D eigenvalue weighted by molar-refractivity contribution is -0.146. The van der Waals surface area contributed by atoms with Crippen LogP contribution in [0.3, 0.4) is 0 Å². The Hall–Kier alpha value is -1.30. The van der Waals surface area contributed by atoms with Crippen molar-refractivity contribution in [2.45, 2.75) is 38.2 Å². The Morgan fingerprint density at radius 1 is 1.24 bits per heavy atom. The van der Waals surface area contributed by atoms with Crippen molar-refractivity contribution >= 4 is 12.0 Å². The molecule has 0 radical (unpaired) electrons. The predicted octanol–water partition coefficient (Wildman–Crippen LogP) is 0.311. The van der Waals surface area contributed by atoms with Crippen molar-refractivity contribution in [3.63, 3.8) is 0 Å². The summed E-state index contributed by atoms with van der Waals surface area (Å²) in [5.41, 5.74) is 0. The number of nitrogens with one attached hydrogen (secondary N) is 2. The Bertz CT molecular complexity index is 264. The van der Waals surface area contributed by atoms with Gasteiger partial charge in [0.2, 0.25) is 0 Å². The SMILES string of the molecule is O=C(NCCC1CCCC1)NCC(O)C(=O)O. The van der Waals surface area contributed by atoms with Crippen LogP contribution < -0.4 is 10.6 Å². The van der Waals surface area contributed by atoms with E-state index in [0.717, 1.165) is 6.42 Å². The van der Waals surface area contributed by atoms with Gasteiger partial charge < -0.3 is 20.8 Å². The van der Waals surface area contributed by atoms with Crippen LogP contribution in [0.25, 0.3) is 0 Å². The van der Waals surface area contributed by atoms with Crippen molar-refractivity contribution in [1.82, 2.24) is 10.6 Å². The van der Waals surface area contributed by atoms with Crippen LogP contribution in [0, 0.1) is 5.92 Å². The summed E-state index contributed by atoms with van der Waals surface area (Å²) in [6, 6.07) is -0.428. The molecule has 4 N–H and O–H groups in total. The fourth-order valence-electron chi connectivity index (χ4n) is 2.03. The zero-order valence-electron chi connectivity index (χ0n) is 9.82. The molecule has 1 aliphatic carbocycles. The molecular weight excluding hydrogens is 224 g/mol. The van der Waals surface area contributed by atoms with Gasteiger partial charge >= 0.3 is 12.0 Å². The second-order valence-electron chi connectivity index (χ2n) is 4.43. The fraction of sp³-hybridized carbons (Fsp3) is 0.818. The van der Waals surface area contributed by atoms with Gasteiger partial charge in [-0.3, -0.25) is 0 Å². The molecule has 17 heavy (non-hydrogen) atoms. The Morgan fingerprint density at radius 3 is 2.47 bits per heavy atom. The average Bonchev–Trinajstić information content (AvgIpc) is 2.78. The summed E-state index contributed by atoms with van der Waals surface area (Å²) in [6.45, 7) is 0.324. The van der Waals surface area contributed by atoms with Crippen molar-refractivity contribution in [2.24, 2.45) is 5.92 Å². The molecule has 6 heteroatoms. The van der Waals surface area contributed by atoms with E-state index in [4.69, 9.17) is 10.2 Å². The standard InChI is InChI=1S/C11H20N2O4/c14-9(10(15)16)7-13-11(17)12-6-5-8-3-1-2-4-8/h8-9,14H,1-7H2,(H,15,16)(H2,12,13,17). The van der Waals surface area contributed by atoms with Crippen LogP contribution in [0.2, 0.25) is 0 Å². The molecule has 1 atom stereocenters. The summed E-state index contributed by atoms with van der Waals surface area (Å²) in [4.78, 5) is 21.5. The molecule has 2 amide bonds. The topological polar surface area (TPSA) is 98.7 Å². The summed E-state index contributed by atoms with van der Waals surface area (Å²) >= 11 is 0. The van der Waals surface area contributed by atoms with Gasteiger partial charge in [-0.1, -0.05) is 25.7 Å². The first-order chi connectivity index (χ1) is 8.09. The first kappa shape index (κ1) is 13.8. The van der Waals surface area contributed by atoms with Crippen LogP contribution in [-0.4, -0.2) is 41.4 Å². The molecule has 1 rings (SSSR count). The van der Waals surface area contributed by atoms with Crippen LogP contribution in [0.15, 0.2) is 0 Å². The zero-order chi connectivity index (χ0) is 12.7. The predicted molar refractivity (Wildman–Crippen MR) is 61.6 cm³/mol. The molecule has 0 spiro atoms. The fourth-order valence-corrected chi connectivity index (χ4v) is 2.03. The van der Waals surface area contributed by atoms with Crippen molar-refractivity contribution < 1.29 is 19.8 Å². The van der Waals surface area contributed by atoms with Crippen molar-refractivity contribution in [3.8, 4) is 0 Å². The average molecular weight is 244 g/mol. The quantitative estimate of drug-likeness (QED) is 0.540. The highest BCUT2D eigenvalue weighted by Crippen LogP contribution is 2.26. The molecule has 0 saturated heterocycles. The molecule has 0 heterocycles. The number of aliphatic hydroxyl groups is 1. The molecule has 0 aromatic carbocycles. The van der Waals surface area contributed by atoms with Gasteiger partial charge in [-0.25, -0.2) is 9.59 Å². The van der Waals surface area contributed by atoms with Crippen LogP contribution in [0.4, 0.5) is 4.79 Å². The minimum atomic E-state index is -1.55. The number of carboxylic acids is 1. The van der Waals surface area contributed by atoms with Crippen molar-refractivity contribution in [3.05, 3.63) is 0 Å². The van der Waals surface area contributed by atoms with E-state index >= 15 is 0 Å². The van der Waals surface area contributed by atoms with E-state index in [9.17, 15) is 9.59 Å². The lowest BCUT2D eigenvalue weighted by Crippen LogP contribution is -2.42. The number of urea groups is 1. The summed E-state index contributed by atoms with van der Waals surface area (Å²) in [6.07, 6.45) is 4.45. The highest BCUT2D eigenvalue weighted by atomic mass is 16.4. The third-order valence-corrected chi connectivity index (χ3v) is 3.05. The number of aliphatic carboxylic acids is 1. The van der Waals surface area contributed by atoms with E-state index in [0.29, 0.717) is 12.5 Å². The minimum absolute atomic E-state index is 0.273. The second-order valence-corrected chi connectivity index (χ2v) is 4.43. The van der Waals surface area contributed by atoms with Gasteiger partial charge in [-0.05, 0) is 12.3 Å². The second kappa shape index (κ2) is 7.11. The highest BCUT2D eigenvalue weighted by Gasteiger charge is 2.16. The number of hydrogen-bond acceptors (Lipinski definition) is 3. The normalized spacial score (nSPS) is 17.7. The smallest absolute Gasteiger partial charge is 0.334 e. The number of aliphatic hydroxyl groups excluding tert-OH is 1. The van der Waals surface area contributed by atoms with Crippen LogP contribution in [0.5, 0.6) is 0 Å². The lowest BCUT2D eigenvalue weighted by Gasteiger charge is -2.11. The highest BCUT2D eigenvalue weighted by molar-refractivity contribution is 5.76. The van der Waals surface area contributed by atoms with Crippen LogP contribution in [0.1, 0.15) is 32.1 Å². The van der Waals surface area contributed by atoms with Gasteiger partial charge in [0.15, 0.2) is 6.10 Å². The van der Waals surface area contributed by atoms with Gasteiger partial charge in [-0.15, -0.1) is 0 Å². The van der Waals surface area contributed by atoms with E-state index in [1.807, 2.05) is 0 Å². The van der Waals surface area contributed by atoms with Crippen molar-refractivity contribution in [2.75, 3.05) is 13.1 Å². The maximum absolute atomic E-state index is 11.2. The molecule has 1 aliphatic rings. The minimum Gasteiger partial charge on any atom is -0.479 e. The number of carboxylic acid groups (broad SMARTS) is 1. The van der Waals surface area contributed by atoms with Gasteiger partial charge in [0.25, 0.3) is 0 Å². The molecule has 98 valence electrons. The van der Waals surface area contributed by atoms with Crippen LogP contribution in [-0.2, 0) is 4.79 Å². The molecular formula is C11H20N2O4. The Balaban J connectivity index is 2.02. The van der Waals surface area contributed by atoms with E-state index in [2.05, 4.69) is 10.6 Å². The maximum atomic E-state index is 11.2. The number of carbonyl (C=O) groups excluding carboxylic acids is 1. The number of amides is 2. The number of hydrogen-bond donors (Lipinski definition) is 4. The molecule has 0 aliphatic heterocycles. The Morgan fingerprint density at radius 2 is 1.88 bits per heavy atom. The summed E-state index contributed by atoms with van der Waals surface area (Å²) in [7, 11) is 0. The third-order valence-electron chi connectivity index (χ3n) is 3.05. The number of rotatable bonds is 6. The number of carbonyl (C=O) groups is 2. The first-order valence-corrected chi connectivity index (χ1v) is 6.02. The van der Waals surface area contributed by atoms with Gasteiger partial charge in [0, 0.05) is 6.54 Å². The Labute approximate surface area is 100 Å². The lowest BCUT2D eigenvalue weighted by atomic mass is 10.0. The molecule has 1 fully saturated rings. The monoisotopic (exact) mass is 244 g/mol. The van der Waals surface area contributed by atoms with Crippen LogP contribution >= 0.6 is 0 Å². The zero-order valence-corrected chi connectivity index (χ0v) is 9.82. The molecule has 0 aromatic rings. The first-order valence-electron chi connectivity index (χ1n) is 6.02. The van der Waals surface area contributed by atoms with Gasteiger partial charge in [0.05, 0.1) is 6.54 Å². The maximum Gasteiger partial charge on any atom is 0.334 e. The summed E-state index contributed by atoms with van der Waals surface area (Å²) in [5.74, 6) is -0.629.